The van der Waals surface area contributed by atoms with Crippen LogP contribution in [0.5, 0.6) is 0 Å². The summed E-state index contributed by atoms with van der Waals surface area (Å²) in [5.41, 5.74) is -0.276. The summed E-state index contributed by atoms with van der Waals surface area (Å²) in [5, 5.41) is 15.5. The lowest BCUT2D eigenvalue weighted by molar-refractivity contribution is -0.133. The zero-order chi connectivity index (χ0) is 14.5. The van der Waals surface area contributed by atoms with Crippen LogP contribution in [0.4, 0.5) is 0 Å². The number of carbonyl (C=O) groups is 1. The van der Waals surface area contributed by atoms with Gasteiger partial charge in [0, 0.05) is 6.54 Å². The van der Waals surface area contributed by atoms with Gasteiger partial charge in [0.1, 0.15) is 0 Å². The zero-order valence-electron chi connectivity index (χ0n) is 11.5. The molecule has 0 aliphatic carbocycles. The molecular weight excluding hydrogens is 280 g/mol. The first-order valence-corrected chi connectivity index (χ1v) is 7.80. The summed E-state index contributed by atoms with van der Waals surface area (Å²) < 4.78 is 1.56. The van der Waals surface area contributed by atoms with Gasteiger partial charge >= 0.3 is 11.7 Å². The fourth-order valence-electron chi connectivity index (χ4n) is 2.50. The van der Waals surface area contributed by atoms with Crippen LogP contribution in [0.3, 0.4) is 0 Å². The van der Waals surface area contributed by atoms with Gasteiger partial charge in [-0.3, -0.25) is 9.36 Å². The predicted octanol–water partition coefficient (Wildman–Crippen LogP) is 0.795. The number of piperidine rings is 1. The summed E-state index contributed by atoms with van der Waals surface area (Å²) in [7, 11) is 0. The van der Waals surface area contributed by atoms with Gasteiger partial charge in [0.05, 0.1) is 11.8 Å². The molecular formula is C12H20N4O3S. The molecule has 0 spiro atoms. The molecule has 0 amide bonds. The Bertz CT molecular complexity index is 507. The second kappa shape index (κ2) is 6.94. The molecule has 1 fully saturated rings. The predicted molar refractivity (Wildman–Crippen MR) is 76.2 cm³/mol. The van der Waals surface area contributed by atoms with E-state index in [1.165, 1.54) is 19.3 Å². The highest BCUT2D eigenvalue weighted by molar-refractivity contribution is 7.99. The molecule has 2 rings (SSSR count). The van der Waals surface area contributed by atoms with Crippen molar-refractivity contribution in [2.45, 2.75) is 37.4 Å². The summed E-state index contributed by atoms with van der Waals surface area (Å²) in [6.07, 6.45) is 3.68. The van der Waals surface area contributed by atoms with E-state index in [0.717, 1.165) is 31.4 Å². The Morgan fingerprint density at radius 2 is 2.15 bits per heavy atom. The van der Waals surface area contributed by atoms with Crippen LogP contribution in [0.15, 0.2) is 9.95 Å². The molecule has 1 saturated heterocycles. The van der Waals surface area contributed by atoms with Crippen molar-refractivity contribution in [2.75, 3.05) is 25.4 Å². The molecule has 0 aromatic carbocycles. The maximum Gasteiger partial charge on any atom is 0.344 e. The van der Waals surface area contributed by atoms with Crippen molar-refractivity contribution in [1.82, 2.24) is 19.7 Å². The first kappa shape index (κ1) is 15.1. The van der Waals surface area contributed by atoms with Gasteiger partial charge in [-0.15, -0.1) is 5.10 Å². The molecule has 0 radical (unpaired) electrons. The van der Waals surface area contributed by atoms with E-state index in [-0.39, 0.29) is 17.5 Å². The molecule has 2 N–H and O–H groups in total. The molecule has 8 heteroatoms. The summed E-state index contributed by atoms with van der Waals surface area (Å²) in [5.74, 6) is -1.01. The minimum absolute atomic E-state index is 0.0179. The zero-order valence-corrected chi connectivity index (χ0v) is 12.4. The number of hydrogen-bond acceptors (Lipinski definition) is 5. The number of likely N-dealkylation sites (tertiary alicyclic amines) is 1. The molecule has 0 saturated carbocycles. The minimum atomic E-state index is -0.916. The van der Waals surface area contributed by atoms with Crippen molar-refractivity contribution in [2.24, 2.45) is 0 Å². The number of aromatic amines is 1. The van der Waals surface area contributed by atoms with Crippen molar-refractivity contribution in [3.8, 4) is 0 Å². The Hall–Kier alpha value is -1.28. The number of thioether (sulfide) groups is 1. The third-order valence-corrected chi connectivity index (χ3v) is 4.35. The second-order valence-corrected chi connectivity index (χ2v) is 6.02. The van der Waals surface area contributed by atoms with Gasteiger partial charge in [0.15, 0.2) is 5.16 Å². The number of aliphatic carboxylic acids is 1. The molecule has 1 unspecified atom stereocenters. The number of nitrogens with one attached hydrogen (secondary N) is 1. The molecule has 1 atom stereocenters. The van der Waals surface area contributed by atoms with Crippen molar-refractivity contribution in [1.29, 1.82) is 0 Å². The molecule has 1 aliphatic rings. The van der Waals surface area contributed by atoms with E-state index >= 15 is 0 Å². The molecule has 7 nitrogen and oxygen atoms in total. The number of carboxylic acids is 1. The largest absolute Gasteiger partial charge is 0.481 e. The van der Waals surface area contributed by atoms with Gasteiger partial charge < -0.3 is 10.0 Å². The number of carboxylic acid groups (broad SMARTS) is 1. The van der Waals surface area contributed by atoms with Gasteiger partial charge in [-0.25, -0.2) is 9.89 Å². The van der Waals surface area contributed by atoms with Crippen molar-refractivity contribution in [3.63, 3.8) is 0 Å². The van der Waals surface area contributed by atoms with Crippen LogP contribution in [0.2, 0.25) is 0 Å². The maximum atomic E-state index is 11.8. The van der Waals surface area contributed by atoms with E-state index in [4.69, 9.17) is 5.11 Å². The van der Waals surface area contributed by atoms with Gasteiger partial charge in [-0.1, -0.05) is 18.2 Å². The SMILES string of the molecule is CC(CN1CCCCC1)n1c(SCC(=O)O)n[nH]c1=O. The summed E-state index contributed by atoms with van der Waals surface area (Å²) in [6, 6.07) is -0.0179. The number of rotatable bonds is 6. The van der Waals surface area contributed by atoms with Crippen LogP contribution in [0, 0.1) is 0 Å². The molecule has 1 aliphatic heterocycles. The third-order valence-electron chi connectivity index (χ3n) is 3.41. The number of H-pyrrole nitrogens is 1. The Balaban J connectivity index is 2.03. The van der Waals surface area contributed by atoms with Gasteiger partial charge in [0.25, 0.3) is 0 Å². The fraction of sp³-hybridized carbons (Fsp3) is 0.750. The molecule has 1 aromatic heterocycles. The normalized spacial score (nSPS) is 18.1. The number of hydrogen-bond donors (Lipinski definition) is 2. The van der Waals surface area contributed by atoms with Crippen molar-refractivity contribution >= 4 is 17.7 Å². The summed E-state index contributed by atoms with van der Waals surface area (Å²) in [4.78, 5) is 24.8. The van der Waals surface area contributed by atoms with Crippen LogP contribution in [-0.4, -0.2) is 56.1 Å². The van der Waals surface area contributed by atoms with Crippen molar-refractivity contribution in [3.05, 3.63) is 10.5 Å². The summed E-state index contributed by atoms with van der Waals surface area (Å²) in [6.45, 7) is 4.89. The first-order valence-electron chi connectivity index (χ1n) is 6.82. The quantitative estimate of drug-likeness (QED) is 0.755. The van der Waals surface area contributed by atoms with Crippen LogP contribution >= 0.6 is 11.8 Å². The van der Waals surface area contributed by atoms with E-state index in [2.05, 4.69) is 15.1 Å². The summed E-state index contributed by atoms with van der Waals surface area (Å²) >= 11 is 1.07. The highest BCUT2D eigenvalue weighted by atomic mass is 32.2. The number of nitrogens with zero attached hydrogens (tertiary/aromatic N) is 3. The lowest BCUT2D eigenvalue weighted by atomic mass is 10.1. The monoisotopic (exact) mass is 300 g/mol. The lowest BCUT2D eigenvalue weighted by Crippen LogP contribution is -2.36. The Kier molecular flexibility index (Phi) is 5.24. The minimum Gasteiger partial charge on any atom is -0.481 e. The Morgan fingerprint density at radius 1 is 1.45 bits per heavy atom. The third kappa shape index (κ3) is 3.86. The van der Waals surface area contributed by atoms with Crippen molar-refractivity contribution < 1.29 is 9.90 Å². The molecule has 20 heavy (non-hydrogen) atoms. The molecule has 2 heterocycles. The molecule has 112 valence electrons. The van der Waals surface area contributed by atoms with E-state index in [1.807, 2.05) is 6.92 Å². The van der Waals surface area contributed by atoms with Crippen LogP contribution in [0.25, 0.3) is 0 Å². The van der Waals surface area contributed by atoms with Crippen LogP contribution in [0.1, 0.15) is 32.2 Å². The van der Waals surface area contributed by atoms with Crippen LogP contribution in [-0.2, 0) is 4.79 Å². The highest BCUT2D eigenvalue weighted by Gasteiger charge is 2.19. The lowest BCUT2D eigenvalue weighted by Gasteiger charge is -2.29. The Labute approximate surface area is 121 Å². The standard InChI is InChI=1S/C12H20N4O3S/c1-9(7-15-5-3-2-4-6-15)16-11(19)13-14-12(16)20-8-10(17)18/h9H,2-8H2,1H3,(H,13,19)(H,17,18). The van der Waals surface area contributed by atoms with E-state index in [1.54, 1.807) is 4.57 Å². The maximum absolute atomic E-state index is 11.8. The molecule has 1 aromatic rings. The Morgan fingerprint density at radius 3 is 2.80 bits per heavy atom. The van der Waals surface area contributed by atoms with Gasteiger partial charge in [-0.05, 0) is 32.9 Å². The highest BCUT2D eigenvalue weighted by Crippen LogP contribution is 2.19. The van der Waals surface area contributed by atoms with Gasteiger partial charge in [-0.2, -0.15) is 0 Å². The smallest absolute Gasteiger partial charge is 0.344 e. The van der Waals surface area contributed by atoms with E-state index in [0.29, 0.717) is 5.16 Å². The van der Waals surface area contributed by atoms with Crippen LogP contribution < -0.4 is 5.69 Å². The average molecular weight is 300 g/mol. The number of aromatic nitrogens is 3. The average Bonchev–Trinajstić information content (AvgIpc) is 2.78. The van der Waals surface area contributed by atoms with Gasteiger partial charge in [0.2, 0.25) is 0 Å². The fourth-order valence-corrected chi connectivity index (χ4v) is 3.27. The van der Waals surface area contributed by atoms with E-state index in [9.17, 15) is 9.59 Å². The molecule has 0 bridgehead atoms. The topological polar surface area (TPSA) is 91.2 Å². The van der Waals surface area contributed by atoms with E-state index < -0.39 is 5.97 Å². The first-order chi connectivity index (χ1) is 9.58. The second-order valence-electron chi connectivity index (χ2n) is 5.07.